The molecule has 0 saturated heterocycles. The summed E-state index contributed by atoms with van der Waals surface area (Å²) in [7, 11) is 0. The quantitative estimate of drug-likeness (QED) is 0.152. The van der Waals surface area contributed by atoms with Gasteiger partial charge in [-0.3, -0.25) is 0 Å². The van der Waals surface area contributed by atoms with E-state index in [4.69, 9.17) is 8.83 Å². The topological polar surface area (TPSA) is 37.7 Å². The molecule has 0 bridgehead atoms. The zero-order chi connectivity index (χ0) is 55.4. The maximum atomic E-state index is 7.03. The SMILES string of the molecule is CCc1ccc(N(c2ccc3c(c2)c2cc(N(c4ccc(CC)cc4)c4cccc5c4oc4ccccc45)cc4c2n3-c2ccccc2C42c3ccc4ccccc4c3-c3c2ccc2ccccc32)c2cccc3c2oc2ccccc23)cc1. The lowest BCUT2D eigenvalue weighted by atomic mass is 9.65. The van der Waals surface area contributed by atoms with Gasteiger partial charge in [-0.2, -0.15) is 0 Å². The van der Waals surface area contributed by atoms with Crippen molar-refractivity contribution >= 4 is 121 Å². The van der Waals surface area contributed by atoms with Crippen LogP contribution in [0.1, 0.15) is 47.2 Å². The monoisotopic (exact) mass is 1080 g/mol. The second-order valence-corrected chi connectivity index (χ2v) is 22.8. The van der Waals surface area contributed by atoms with E-state index in [-0.39, 0.29) is 0 Å². The van der Waals surface area contributed by atoms with E-state index in [0.29, 0.717) is 0 Å². The van der Waals surface area contributed by atoms with Gasteiger partial charge in [0.15, 0.2) is 11.2 Å². The van der Waals surface area contributed by atoms with E-state index in [1.54, 1.807) is 0 Å². The van der Waals surface area contributed by atoms with Gasteiger partial charge >= 0.3 is 0 Å². The molecule has 0 saturated carbocycles. The van der Waals surface area contributed by atoms with Crippen LogP contribution >= 0.6 is 0 Å². The van der Waals surface area contributed by atoms with Crippen LogP contribution in [-0.4, -0.2) is 4.57 Å². The lowest BCUT2D eigenvalue weighted by Gasteiger charge is -2.40. The minimum absolute atomic E-state index is 0.760. The molecular weight excluding hydrogens is 1020 g/mol. The molecule has 0 fully saturated rings. The number of rotatable bonds is 8. The second-order valence-electron chi connectivity index (χ2n) is 22.8. The van der Waals surface area contributed by atoms with Crippen molar-refractivity contribution < 1.29 is 8.83 Å². The fourth-order valence-electron chi connectivity index (χ4n) is 14.9. The number of benzene rings is 13. The molecule has 0 amide bonds. The Labute approximate surface area is 485 Å². The van der Waals surface area contributed by atoms with Gasteiger partial charge in [-0.25, -0.2) is 0 Å². The Morgan fingerprint density at radius 2 is 0.821 bits per heavy atom. The van der Waals surface area contributed by atoms with Crippen molar-refractivity contribution in [2.45, 2.75) is 32.1 Å². The van der Waals surface area contributed by atoms with Crippen molar-refractivity contribution in [1.82, 2.24) is 4.57 Å². The number of hydrogen-bond donors (Lipinski definition) is 0. The molecule has 84 heavy (non-hydrogen) atoms. The first-order valence-electron chi connectivity index (χ1n) is 29.4. The summed E-state index contributed by atoms with van der Waals surface area (Å²) in [6.07, 6.45) is 1.89. The van der Waals surface area contributed by atoms with E-state index in [9.17, 15) is 0 Å². The van der Waals surface area contributed by atoms with Crippen LogP contribution in [0.4, 0.5) is 34.1 Å². The Morgan fingerprint density at radius 3 is 1.39 bits per heavy atom. The molecule has 0 atom stereocenters. The molecular formula is C79H53N3O2. The molecule has 5 nitrogen and oxygen atoms in total. The highest BCUT2D eigenvalue weighted by Gasteiger charge is 2.52. The molecule has 18 rings (SSSR count). The number of anilines is 6. The average molecular weight is 1080 g/mol. The van der Waals surface area contributed by atoms with Crippen LogP contribution in [0.3, 0.4) is 0 Å². The molecule has 3 aromatic heterocycles. The summed E-state index contributed by atoms with van der Waals surface area (Å²) in [6, 6.07) is 97.1. The number of aromatic nitrogens is 1. The summed E-state index contributed by atoms with van der Waals surface area (Å²) in [4.78, 5) is 4.86. The van der Waals surface area contributed by atoms with Crippen LogP contribution in [0.2, 0.25) is 0 Å². The molecule has 396 valence electrons. The predicted octanol–water partition coefficient (Wildman–Crippen LogP) is 21.6. The van der Waals surface area contributed by atoms with Crippen LogP contribution in [0.15, 0.2) is 270 Å². The van der Waals surface area contributed by atoms with Gasteiger partial charge in [-0.1, -0.05) is 190 Å². The third-order valence-corrected chi connectivity index (χ3v) is 18.7. The Bertz CT molecular complexity index is 5340. The van der Waals surface area contributed by atoms with Crippen molar-refractivity contribution in [3.63, 3.8) is 0 Å². The van der Waals surface area contributed by atoms with Gasteiger partial charge in [-0.05, 0) is 164 Å². The molecule has 13 aromatic carbocycles. The first-order chi connectivity index (χ1) is 41.6. The highest BCUT2D eigenvalue weighted by Crippen LogP contribution is 2.64. The molecule has 5 heteroatoms. The number of nitrogens with zero attached hydrogens (tertiary/aromatic N) is 3. The summed E-state index contributed by atoms with van der Waals surface area (Å²) >= 11 is 0. The van der Waals surface area contributed by atoms with Crippen molar-refractivity contribution in [3.05, 3.63) is 294 Å². The Hall–Kier alpha value is -10.6. The van der Waals surface area contributed by atoms with Crippen molar-refractivity contribution in [2.75, 3.05) is 9.80 Å². The number of hydrogen-bond acceptors (Lipinski definition) is 4. The third-order valence-electron chi connectivity index (χ3n) is 18.7. The van der Waals surface area contributed by atoms with Gasteiger partial charge in [0.1, 0.15) is 11.2 Å². The minimum atomic E-state index is -0.760. The van der Waals surface area contributed by atoms with Gasteiger partial charge in [-0.15, -0.1) is 0 Å². The van der Waals surface area contributed by atoms with E-state index < -0.39 is 5.41 Å². The van der Waals surface area contributed by atoms with Crippen molar-refractivity contribution in [2.24, 2.45) is 0 Å². The first-order valence-corrected chi connectivity index (χ1v) is 29.4. The van der Waals surface area contributed by atoms with E-state index in [1.807, 2.05) is 0 Å². The Balaban J connectivity index is 1.01. The molecule has 1 aliphatic carbocycles. The molecule has 0 unspecified atom stereocenters. The summed E-state index contributed by atoms with van der Waals surface area (Å²) in [6.45, 7) is 4.44. The lowest BCUT2D eigenvalue weighted by Crippen LogP contribution is -2.33. The first kappa shape index (κ1) is 47.1. The smallest absolute Gasteiger partial charge is 0.159 e. The summed E-state index contributed by atoms with van der Waals surface area (Å²) < 4.78 is 16.5. The minimum Gasteiger partial charge on any atom is -0.454 e. The Kier molecular flexibility index (Phi) is 9.91. The number of para-hydroxylation sites is 5. The van der Waals surface area contributed by atoms with E-state index in [1.165, 1.54) is 77.3 Å². The average Bonchev–Trinajstić information content (AvgIpc) is 1.62. The van der Waals surface area contributed by atoms with Crippen molar-refractivity contribution in [1.29, 1.82) is 0 Å². The molecule has 4 heterocycles. The van der Waals surface area contributed by atoms with E-state index in [2.05, 4.69) is 289 Å². The zero-order valence-corrected chi connectivity index (χ0v) is 46.4. The molecule has 1 spiro atoms. The van der Waals surface area contributed by atoms with Crippen LogP contribution < -0.4 is 9.80 Å². The fourth-order valence-corrected chi connectivity index (χ4v) is 14.9. The largest absolute Gasteiger partial charge is 0.454 e. The van der Waals surface area contributed by atoms with Gasteiger partial charge in [0, 0.05) is 55.1 Å². The Morgan fingerprint density at radius 1 is 0.345 bits per heavy atom. The van der Waals surface area contributed by atoms with Crippen LogP contribution in [0, 0.1) is 0 Å². The van der Waals surface area contributed by atoms with Crippen molar-refractivity contribution in [3.8, 4) is 16.8 Å². The molecule has 16 aromatic rings. The standard InChI is InChI=1S/C79H53N3O2/c1-3-48-31-37-52(38-32-48)80(70-27-15-23-60-58-21-9-13-29-72(58)83-77(60)70)54-41-44-68-62(45-54)63-46-55(81(53-39-33-49(4-2)34-40-53)71-28-16-24-61-59-22-10-14-30-73(59)84-78(61)71)47-67-76(63)82(68)69-26-12-11-25-64(69)79(67)65-42-35-50-17-5-7-19-56(50)74(65)75-57-20-8-6-18-51(57)36-43-66(75)79/h5-47H,3-4H2,1-2H3. The number of aryl methyl sites for hydroxylation is 2. The lowest BCUT2D eigenvalue weighted by molar-refractivity contribution is 0.668. The van der Waals surface area contributed by atoms with Gasteiger partial charge in [0.2, 0.25) is 0 Å². The third kappa shape index (κ3) is 6.38. The van der Waals surface area contributed by atoms with Crippen LogP contribution in [0.5, 0.6) is 0 Å². The molecule has 2 aliphatic rings. The summed E-state index contributed by atoms with van der Waals surface area (Å²) in [5.74, 6) is 0. The molecule has 0 radical (unpaired) electrons. The maximum Gasteiger partial charge on any atom is 0.159 e. The fraction of sp³-hybridized carbons (Fsp3) is 0.0633. The number of furan rings is 2. The van der Waals surface area contributed by atoms with Crippen LogP contribution in [0.25, 0.3) is 104 Å². The van der Waals surface area contributed by atoms with Gasteiger partial charge < -0.3 is 23.2 Å². The molecule has 0 N–H and O–H groups in total. The predicted molar refractivity (Wildman–Crippen MR) is 349 cm³/mol. The highest BCUT2D eigenvalue weighted by atomic mass is 16.3. The number of fused-ring (bicyclic) bond motifs is 22. The summed E-state index contributed by atoms with van der Waals surface area (Å²) in [5.41, 5.74) is 22.5. The van der Waals surface area contributed by atoms with Gasteiger partial charge in [0.25, 0.3) is 0 Å². The maximum absolute atomic E-state index is 7.03. The zero-order valence-electron chi connectivity index (χ0n) is 46.4. The van der Waals surface area contributed by atoms with E-state index >= 15 is 0 Å². The van der Waals surface area contributed by atoms with E-state index in [0.717, 1.165) is 107 Å². The van der Waals surface area contributed by atoms with Crippen LogP contribution in [-0.2, 0) is 18.3 Å². The highest BCUT2D eigenvalue weighted by molar-refractivity contribution is 6.19. The summed E-state index contributed by atoms with van der Waals surface area (Å²) in [5, 5.41) is 11.6. The van der Waals surface area contributed by atoms with Gasteiger partial charge in [0.05, 0.1) is 33.5 Å². The second kappa shape index (κ2) is 17.7. The normalized spacial score (nSPS) is 13.1. The molecule has 1 aliphatic heterocycles.